The number of carbonyl (C=O) groups is 3. The first-order valence-corrected chi connectivity index (χ1v) is 12.0. The van der Waals surface area contributed by atoms with Crippen LogP contribution in [0.5, 0.6) is 17.2 Å². The Labute approximate surface area is 216 Å². The summed E-state index contributed by atoms with van der Waals surface area (Å²) in [6.07, 6.45) is 2.28. The van der Waals surface area contributed by atoms with Crippen molar-refractivity contribution in [2.45, 2.75) is 33.1 Å². The summed E-state index contributed by atoms with van der Waals surface area (Å²) in [5.41, 5.74) is 2.34. The monoisotopic (exact) mass is 502 g/mol. The lowest BCUT2D eigenvalue weighted by molar-refractivity contribution is -0.139. The van der Waals surface area contributed by atoms with Crippen LogP contribution in [0.4, 0.5) is 0 Å². The van der Waals surface area contributed by atoms with Crippen molar-refractivity contribution in [1.29, 1.82) is 0 Å². The van der Waals surface area contributed by atoms with Gasteiger partial charge in [0, 0.05) is 5.57 Å². The van der Waals surface area contributed by atoms with E-state index in [1.807, 2.05) is 19.1 Å². The fraction of sp³-hybridized carbons (Fsp3) is 0.233. The van der Waals surface area contributed by atoms with Gasteiger partial charge in [-0.15, -0.1) is 0 Å². The number of hydrogen-bond donors (Lipinski definition) is 0. The van der Waals surface area contributed by atoms with Gasteiger partial charge in [0.1, 0.15) is 17.2 Å². The van der Waals surface area contributed by atoms with Crippen LogP contribution >= 0.6 is 0 Å². The van der Waals surface area contributed by atoms with Crippen LogP contribution in [0.3, 0.4) is 0 Å². The zero-order valence-corrected chi connectivity index (χ0v) is 21.0. The first kappa shape index (κ1) is 27.2. The van der Waals surface area contributed by atoms with E-state index in [1.165, 1.54) is 0 Å². The SMILES string of the molecule is C=C(C)C(=O)OCCCCOc1ccc(C(=O)Oc2ccc(OC(=O)c3ccc(CC)cc3)cc2)cc1. The quantitative estimate of drug-likeness (QED) is 0.131. The first-order chi connectivity index (χ1) is 17.9. The summed E-state index contributed by atoms with van der Waals surface area (Å²) < 4.78 is 21.5. The van der Waals surface area contributed by atoms with Crippen molar-refractivity contribution in [3.05, 3.63) is 102 Å². The summed E-state index contributed by atoms with van der Waals surface area (Å²) in [6.45, 7) is 7.95. The Morgan fingerprint density at radius 2 is 1.14 bits per heavy atom. The van der Waals surface area contributed by atoms with Crippen LogP contribution in [-0.2, 0) is 16.0 Å². The smallest absolute Gasteiger partial charge is 0.343 e. The van der Waals surface area contributed by atoms with Crippen LogP contribution in [0.2, 0.25) is 0 Å². The lowest BCUT2D eigenvalue weighted by atomic mass is 10.1. The molecule has 0 aromatic heterocycles. The van der Waals surface area contributed by atoms with Gasteiger partial charge >= 0.3 is 17.9 Å². The largest absolute Gasteiger partial charge is 0.494 e. The molecule has 0 spiro atoms. The zero-order chi connectivity index (χ0) is 26.6. The van der Waals surface area contributed by atoms with Crippen LogP contribution in [0.1, 0.15) is 53.0 Å². The van der Waals surface area contributed by atoms with Gasteiger partial charge in [0.25, 0.3) is 0 Å². The van der Waals surface area contributed by atoms with Crippen LogP contribution in [0.15, 0.2) is 84.9 Å². The van der Waals surface area contributed by atoms with Gasteiger partial charge in [-0.1, -0.05) is 25.6 Å². The minimum atomic E-state index is -0.522. The molecular weight excluding hydrogens is 472 g/mol. The normalized spacial score (nSPS) is 10.3. The van der Waals surface area contributed by atoms with Crippen molar-refractivity contribution in [2.24, 2.45) is 0 Å². The molecule has 3 aromatic rings. The molecule has 0 heterocycles. The molecule has 0 N–H and O–H groups in total. The van der Waals surface area contributed by atoms with Crippen LogP contribution in [0, 0.1) is 0 Å². The minimum Gasteiger partial charge on any atom is -0.494 e. The van der Waals surface area contributed by atoms with Crippen molar-refractivity contribution in [3.8, 4) is 17.2 Å². The molecule has 7 heteroatoms. The van der Waals surface area contributed by atoms with E-state index >= 15 is 0 Å². The number of carbonyl (C=O) groups excluding carboxylic acids is 3. The van der Waals surface area contributed by atoms with Crippen molar-refractivity contribution in [1.82, 2.24) is 0 Å². The summed E-state index contributed by atoms with van der Waals surface area (Å²) in [5, 5.41) is 0. The Bertz CT molecular complexity index is 1210. The number of ether oxygens (including phenoxy) is 4. The maximum Gasteiger partial charge on any atom is 0.343 e. The van der Waals surface area contributed by atoms with Gasteiger partial charge in [0.05, 0.1) is 24.3 Å². The first-order valence-electron chi connectivity index (χ1n) is 12.0. The summed E-state index contributed by atoms with van der Waals surface area (Å²) in [7, 11) is 0. The van der Waals surface area contributed by atoms with Gasteiger partial charge in [0.2, 0.25) is 0 Å². The molecule has 3 aromatic carbocycles. The lowest BCUT2D eigenvalue weighted by Crippen LogP contribution is -2.10. The van der Waals surface area contributed by atoms with Crippen LogP contribution in [0.25, 0.3) is 0 Å². The Balaban J connectivity index is 1.42. The van der Waals surface area contributed by atoms with Crippen LogP contribution in [-0.4, -0.2) is 31.1 Å². The maximum atomic E-state index is 12.5. The topological polar surface area (TPSA) is 88.1 Å². The number of benzene rings is 3. The molecule has 0 fully saturated rings. The van der Waals surface area contributed by atoms with Crippen molar-refractivity contribution in [3.63, 3.8) is 0 Å². The fourth-order valence-corrected chi connectivity index (χ4v) is 3.15. The Morgan fingerprint density at radius 1 is 0.676 bits per heavy atom. The number of hydrogen-bond acceptors (Lipinski definition) is 7. The molecule has 0 amide bonds. The summed E-state index contributed by atoms with van der Waals surface area (Å²) in [4.78, 5) is 36.1. The summed E-state index contributed by atoms with van der Waals surface area (Å²) >= 11 is 0. The van der Waals surface area contributed by atoms with E-state index in [2.05, 4.69) is 6.58 Å². The van der Waals surface area contributed by atoms with E-state index in [0.717, 1.165) is 12.0 Å². The van der Waals surface area contributed by atoms with E-state index in [0.29, 0.717) is 60.0 Å². The molecule has 0 unspecified atom stereocenters. The molecule has 37 heavy (non-hydrogen) atoms. The highest BCUT2D eigenvalue weighted by Gasteiger charge is 2.11. The average molecular weight is 503 g/mol. The second kappa shape index (κ2) is 13.6. The highest BCUT2D eigenvalue weighted by Crippen LogP contribution is 2.21. The number of aryl methyl sites for hydroxylation is 1. The van der Waals surface area contributed by atoms with Gasteiger partial charge < -0.3 is 18.9 Å². The molecule has 0 aliphatic carbocycles. The highest BCUT2D eigenvalue weighted by molar-refractivity contribution is 5.92. The molecule has 0 radical (unpaired) electrons. The lowest BCUT2D eigenvalue weighted by Gasteiger charge is -2.09. The molecule has 0 atom stereocenters. The predicted octanol–water partition coefficient (Wildman–Crippen LogP) is 5.97. The van der Waals surface area contributed by atoms with E-state index in [9.17, 15) is 14.4 Å². The average Bonchev–Trinajstić information content (AvgIpc) is 2.91. The third-order valence-electron chi connectivity index (χ3n) is 5.32. The summed E-state index contributed by atoms with van der Waals surface area (Å²) in [5.74, 6) is -0.0839. The fourth-order valence-electron chi connectivity index (χ4n) is 3.15. The van der Waals surface area contributed by atoms with Crippen LogP contribution < -0.4 is 14.2 Å². The minimum absolute atomic E-state index is 0.316. The Morgan fingerprint density at radius 3 is 1.62 bits per heavy atom. The van der Waals surface area contributed by atoms with Gasteiger partial charge in [-0.2, -0.15) is 0 Å². The van der Waals surface area contributed by atoms with E-state index in [1.54, 1.807) is 67.6 Å². The molecule has 3 rings (SSSR count). The zero-order valence-electron chi connectivity index (χ0n) is 21.0. The highest BCUT2D eigenvalue weighted by atomic mass is 16.5. The Kier molecular flexibility index (Phi) is 10.0. The molecular formula is C30H30O7. The second-order valence-corrected chi connectivity index (χ2v) is 8.30. The number of unbranched alkanes of at least 4 members (excludes halogenated alkanes) is 1. The van der Waals surface area contributed by atoms with Crippen molar-refractivity contribution in [2.75, 3.05) is 13.2 Å². The molecule has 0 bridgehead atoms. The van der Waals surface area contributed by atoms with Gasteiger partial charge in [-0.3, -0.25) is 0 Å². The van der Waals surface area contributed by atoms with E-state index in [-0.39, 0.29) is 0 Å². The molecule has 0 saturated carbocycles. The van der Waals surface area contributed by atoms with Gasteiger partial charge in [-0.05, 0) is 92.4 Å². The van der Waals surface area contributed by atoms with Gasteiger partial charge in [0.15, 0.2) is 0 Å². The third kappa shape index (κ3) is 8.65. The van der Waals surface area contributed by atoms with E-state index < -0.39 is 17.9 Å². The van der Waals surface area contributed by atoms with E-state index in [4.69, 9.17) is 18.9 Å². The third-order valence-corrected chi connectivity index (χ3v) is 5.32. The summed E-state index contributed by atoms with van der Waals surface area (Å²) in [6, 6.07) is 20.1. The standard InChI is InChI=1S/C30H30O7/c1-4-22-7-9-23(10-8-22)29(32)36-26-15-17-27(18-16-26)37-30(33)24-11-13-25(14-12-24)34-19-5-6-20-35-28(31)21(2)3/h7-18H,2,4-6,19-20H2,1,3H3. The molecule has 0 aliphatic heterocycles. The van der Waals surface area contributed by atoms with Gasteiger partial charge in [-0.25, -0.2) is 14.4 Å². The van der Waals surface area contributed by atoms with Crippen molar-refractivity contribution >= 4 is 17.9 Å². The second-order valence-electron chi connectivity index (χ2n) is 8.30. The molecule has 192 valence electrons. The van der Waals surface area contributed by atoms with Crippen molar-refractivity contribution < 1.29 is 33.3 Å². The Hall–Kier alpha value is -4.39. The molecule has 0 aliphatic rings. The number of esters is 3. The maximum absolute atomic E-state index is 12.5. The molecule has 7 nitrogen and oxygen atoms in total. The number of rotatable bonds is 12. The predicted molar refractivity (Wildman–Crippen MR) is 139 cm³/mol. The molecule has 0 saturated heterocycles.